The summed E-state index contributed by atoms with van der Waals surface area (Å²) in [6.45, 7) is 3.78. The third kappa shape index (κ3) is 3.08. The van der Waals surface area contributed by atoms with Crippen molar-refractivity contribution in [1.82, 2.24) is 4.31 Å². The highest BCUT2D eigenvalue weighted by Gasteiger charge is 2.56. The van der Waals surface area contributed by atoms with Crippen molar-refractivity contribution >= 4 is 33.5 Å². The molecule has 27 heavy (non-hydrogen) atoms. The monoisotopic (exact) mass is 409 g/mol. The molecule has 2 aliphatic rings. The summed E-state index contributed by atoms with van der Waals surface area (Å²) in [7, 11) is -2.91. The fourth-order valence-electron chi connectivity index (χ4n) is 3.74. The first-order valence-corrected chi connectivity index (χ1v) is 10.2. The first kappa shape index (κ1) is 19.6. The number of amides is 1. The van der Waals surface area contributed by atoms with E-state index in [4.69, 9.17) is 16.3 Å². The highest BCUT2D eigenvalue weighted by Crippen LogP contribution is 2.47. The Morgan fingerprint density at radius 2 is 1.85 bits per heavy atom. The fourth-order valence-corrected chi connectivity index (χ4v) is 5.46. The van der Waals surface area contributed by atoms with Crippen LogP contribution in [0.5, 0.6) is 0 Å². The Labute approximate surface area is 163 Å². The van der Waals surface area contributed by atoms with Crippen molar-refractivity contribution in [3.05, 3.63) is 52.6 Å². The van der Waals surface area contributed by atoms with Gasteiger partial charge in [-0.25, -0.2) is 12.7 Å². The Kier molecular flexibility index (Phi) is 4.94. The number of fused-ring (bicyclic) bond motifs is 1. The summed E-state index contributed by atoms with van der Waals surface area (Å²) < 4.78 is 32.3. The number of carbonyl (C=O) groups is 2. The molecule has 1 aliphatic carbocycles. The molecule has 0 bridgehead atoms. The van der Waals surface area contributed by atoms with Gasteiger partial charge in [-0.05, 0) is 51.0 Å². The van der Waals surface area contributed by atoms with Gasteiger partial charge in [0.2, 0.25) is 0 Å². The zero-order valence-corrected chi connectivity index (χ0v) is 16.8. The summed E-state index contributed by atoms with van der Waals surface area (Å²) in [6, 6.07) is 4.71. The lowest BCUT2D eigenvalue weighted by Gasteiger charge is -2.47. The van der Waals surface area contributed by atoms with Crippen molar-refractivity contribution in [3.8, 4) is 0 Å². The van der Waals surface area contributed by atoms with Crippen molar-refractivity contribution in [2.75, 3.05) is 7.11 Å². The predicted octanol–water partition coefficient (Wildman–Crippen LogP) is 3.09. The number of allylic oxidation sites excluding steroid dienone is 1. The Hall–Kier alpha value is -2.12. The van der Waals surface area contributed by atoms with Gasteiger partial charge in [-0.2, -0.15) is 0 Å². The van der Waals surface area contributed by atoms with Crippen LogP contribution in [0.3, 0.4) is 0 Å². The maximum absolute atomic E-state index is 13.3. The van der Waals surface area contributed by atoms with Gasteiger partial charge in [-0.1, -0.05) is 28.8 Å². The maximum Gasteiger partial charge on any atom is 0.318 e. The first-order chi connectivity index (χ1) is 12.6. The number of ether oxygens (including phenoxy) is 1. The average Bonchev–Trinajstić information content (AvgIpc) is 2.62. The van der Waals surface area contributed by atoms with Gasteiger partial charge in [0.25, 0.3) is 15.9 Å². The second-order valence-corrected chi connectivity index (χ2v) is 9.17. The number of carbonyl (C=O) groups excluding carboxylic acids is 2. The Morgan fingerprint density at radius 3 is 2.44 bits per heavy atom. The van der Waals surface area contributed by atoms with E-state index in [1.54, 1.807) is 0 Å². The molecule has 0 unspecified atom stereocenters. The van der Waals surface area contributed by atoms with E-state index in [1.165, 1.54) is 37.5 Å². The molecule has 6 nitrogen and oxygen atoms in total. The van der Waals surface area contributed by atoms with E-state index < -0.39 is 33.4 Å². The van der Waals surface area contributed by atoms with Crippen LogP contribution in [0.2, 0.25) is 5.02 Å². The number of halogens is 1. The first-order valence-electron chi connectivity index (χ1n) is 8.40. The molecule has 1 aromatic carbocycles. The fraction of sp³-hybridized carbons (Fsp3) is 0.368. The van der Waals surface area contributed by atoms with Crippen LogP contribution in [0.25, 0.3) is 0 Å². The average molecular weight is 410 g/mol. The minimum atomic E-state index is -4.18. The molecule has 0 radical (unpaired) electrons. The molecule has 0 fully saturated rings. The molecular formula is C19H20ClNO5S. The van der Waals surface area contributed by atoms with Crippen LogP contribution in [-0.2, 0) is 24.3 Å². The number of methoxy groups -OCH3 is 1. The van der Waals surface area contributed by atoms with E-state index in [0.29, 0.717) is 11.4 Å². The van der Waals surface area contributed by atoms with Crippen LogP contribution in [-0.4, -0.2) is 37.8 Å². The number of hydrogen-bond donors (Lipinski definition) is 0. The molecule has 0 saturated carbocycles. The molecule has 0 spiro atoms. The summed E-state index contributed by atoms with van der Waals surface area (Å²) in [5, 5.41) is 0.384. The second kappa shape index (κ2) is 6.80. The highest BCUT2D eigenvalue weighted by atomic mass is 35.5. The number of sulfonamides is 1. The minimum absolute atomic E-state index is 0.0572. The molecule has 2 atom stereocenters. The van der Waals surface area contributed by atoms with Crippen LogP contribution in [0.4, 0.5) is 0 Å². The van der Waals surface area contributed by atoms with Crippen molar-refractivity contribution in [2.24, 2.45) is 5.41 Å². The lowest BCUT2D eigenvalue weighted by Crippen LogP contribution is -2.59. The molecule has 144 valence electrons. The van der Waals surface area contributed by atoms with Crippen LogP contribution in [0, 0.1) is 5.41 Å². The van der Waals surface area contributed by atoms with E-state index in [9.17, 15) is 18.0 Å². The van der Waals surface area contributed by atoms with E-state index in [-0.39, 0.29) is 11.3 Å². The lowest BCUT2D eigenvalue weighted by atomic mass is 9.67. The number of rotatable bonds is 3. The maximum atomic E-state index is 13.3. The number of esters is 1. The van der Waals surface area contributed by atoms with Gasteiger partial charge in [0, 0.05) is 11.1 Å². The minimum Gasteiger partial charge on any atom is -0.468 e. The van der Waals surface area contributed by atoms with Gasteiger partial charge >= 0.3 is 5.97 Å². The number of benzene rings is 1. The van der Waals surface area contributed by atoms with Gasteiger partial charge in [0.1, 0.15) is 5.41 Å². The Bertz CT molecular complexity index is 964. The standard InChI is InChI=1S/C19H20ClNO5S/c1-12-10-16-19(11-13(12)2,18(23)26-3)9-8-17(22)21(16)27(24,25)15-6-4-14(20)5-7-15/h4-9,16H,10-11H2,1-3H3/t16-,19-/m0/s1. The summed E-state index contributed by atoms with van der Waals surface area (Å²) in [6.07, 6.45) is 3.21. The molecule has 8 heteroatoms. The van der Waals surface area contributed by atoms with Crippen molar-refractivity contribution in [2.45, 2.75) is 37.6 Å². The number of nitrogens with zero attached hydrogens (tertiary/aromatic N) is 1. The zero-order valence-electron chi connectivity index (χ0n) is 15.2. The molecule has 0 saturated heterocycles. The Morgan fingerprint density at radius 1 is 1.22 bits per heavy atom. The molecule has 0 aromatic heterocycles. The topological polar surface area (TPSA) is 80.8 Å². The van der Waals surface area contributed by atoms with Crippen LogP contribution < -0.4 is 0 Å². The zero-order chi connectivity index (χ0) is 20.0. The third-order valence-electron chi connectivity index (χ3n) is 5.34. The summed E-state index contributed by atoms with van der Waals surface area (Å²) in [5.41, 5.74) is 0.713. The van der Waals surface area contributed by atoms with Crippen molar-refractivity contribution in [1.29, 1.82) is 0 Å². The van der Waals surface area contributed by atoms with Crippen LogP contribution >= 0.6 is 11.6 Å². The molecule has 0 N–H and O–H groups in total. The van der Waals surface area contributed by atoms with E-state index in [2.05, 4.69) is 0 Å². The quantitative estimate of drug-likeness (QED) is 0.566. The molecule has 1 amide bonds. The van der Waals surface area contributed by atoms with E-state index >= 15 is 0 Å². The van der Waals surface area contributed by atoms with Gasteiger partial charge in [0.15, 0.2) is 0 Å². The van der Waals surface area contributed by atoms with Gasteiger partial charge < -0.3 is 4.74 Å². The Balaban J connectivity index is 2.18. The lowest BCUT2D eigenvalue weighted by molar-refractivity contribution is -0.154. The van der Waals surface area contributed by atoms with E-state index in [0.717, 1.165) is 21.5 Å². The normalized spacial score (nSPS) is 25.4. The predicted molar refractivity (Wildman–Crippen MR) is 100 cm³/mol. The van der Waals surface area contributed by atoms with Gasteiger partial charge in [-0.3, -0.25) is 9.59 Å². The largest absolute Gasteiger partial charge is 0.468 e. The molecular weight excluding hydrogens is 390 g/mol. The SMILES string of the molecule is COC(=O)[C@]12C=CC(=O)N(S(=O)(=O)c3ccc(Cl)cc3)[C@H]1CC(C)=C(C)C2. The van der Waals surface area contributed by atoms with Crippen LogP contribution in [0.1, 0.15) is 26.7 Å². The smallest absolute Gasteiger partial charge is 0.318 e. The summed E-state index contributed by atoms with van der Waals surface area (Å²) in [5.74, 6) is -1.23. The second-order valence-electron chi connectivity index (χ2n) is 6.92. The molecule has 1 aliphatic heterocycles. The number of hydrogen-bond acceptors (Lipinski definition) is 5. The van der Waals surface area contributed by atoms with Crippen LogP contribution in [0.15, 0.2) is 52.5 Å². The van der Waals surface area contributed by atoms with E-state index in [1.807, 2.05) is 13.8 Å². The van der Waals surface area contributed by atoms with Gasteiger partial charge in [-0.15, -0.1) is 0 Å². The third-order valence-corrected chi connectivity index (χ3v) is 7.41. The highest BCUT2D eigenvalue weighted by molar-refractivity contribution is 7.89. The summed E-state index contributed by atoms with van der Waals surface area (Å²) in [4.78, 5) is 25.3. The van der Waals surface area contributed by atoms with Gasteiger partial charge in [0.05, 0.1) is 18.0 Å². The summed E-state index contributed by atoms with van der Waals surface area (Å²) >= 11 is 5.85. The molecule has 1 aromatic rings. The van der Waals surface area contributed by atoms with Crippen molar-refractivity contribution in [3.63, 3.8) is 0 Å². The van der Waals surface area contributed by atoms with Crippen molar-refractivity contribution < 1.29 is 22.7 Å². The molecule has 3 rings (SSSR count). The molecule has 1 heterocycles.